The number of rotatable bonds is 5. The number of carbonyl (C=O) groups is 1. The number of aryl methyl sites for hydroxylation is 1. The van der Waals surface area contributed by atoms with Crippen LogP contribution < -0.4 is 4.80 Å². The summed E-state index contributed by atoms with van der Waals surface area (Å²) < 4.78 is 21.6. The van der Waals surface area contributed by atoms with Crippen LogP contribution in [0.5, 0.6) is 0 Å². The molecule has 4 nitrogen and oxygen atoms in total. The summed E-state index contributed by atoms with van der Waals surface area (Å²) in [5.74, 6) is -0.754. The monoisotopic (exact) mass is 358 g/mol. The fourth-order valence-electron chi connectivity index (χ4n) is 2.64. The van der Waals surface area contributed by atoms with E-state index in [1.165, 1.54) is 35.6 Å². The highest BCUT2D eigenvalue weighted by Crippen LogP contribution is 2.21. The highest BCUT2D eigenvalue weighted by atomic mass is 32.1. The predicted molar refractivity (Wildman–Crippen MR) is 97.3 cm³/mol. The summed E-state index contributed by atoms with van der Waals surface area (Å²) in [4.78, 5) is 17.3. The molecule has 1 aromatic heterocycles. The van der Waals surface area contributed by atoms with Gasteiger partial charge in [0.1, 0.15) is 5.82 Å². The zero-order valence-corrected chi connectivity index (χ0v) is 15.0. The molecular formula is C19H19FN2O2S. The quantitative estimate of drug-likeness (QED) is 0.649. The lowest BCUT2D eigenvalue weighted by Gasteiger charge is -2.07. The van der Waals surface area contributed by atoms with E-state index in [4.69, 9.17) is 4.74 Å². The number of ether oxygens (including phenoxy) is 1. The number of amides is 1. The van der Waals surface area contributed by atoms with E-state index in [1.54, 1.807) is 0 Å². The molecule has 0 spiro atoms. The summed E-state index contributed by atoms with van der Waals surface area (Å²) in [6, 6.07) is 11.5. The third-order valence-corrected chi connectivity index (χ3v) is 4.90. The van der Waals surface area contributed by atoms with Gasteiger partial charge in [-0.1, -0.05) is 23.5 Å². The Balaban J connectivity index is 2.07. The number of thiazole rings is 1. The minimum atomic E-state index is -0.380. The normalized spacial score (nSPS) is 12.0. The van der Waals surface area contributed by atoms with Crippen LogP contribution >= 0.6 is 11.3 Å². The van der Waals surface area contributed by atoms with Gasteiger partial charge in [0.15, 0.2) is 4.80 Å². The fourth-order valence-corrected chi connectivity index (χ4v) is 3.78. The van der Waals surface area contributed by atoms with Gasteiger partial charge >= 0.3 is 0 Å². The Morgan fingerprint density at radius 2 is 2.00 bits per heavy atom. The van der Waals surface area contributed by atoms with E-state index < -0.39 is 0 Å². The zero-order valence-electron chi connectivity index (χ0n) is 14.2. The van der Waals surface area contributed by atoms with Gasteiger partial charge in [0.25, 0.3) is 5.91 Å². The third kappa shape index (κ3) is 3.86. The Kier molecular flexibility index (Phi) is 5.40. The minimum absolute atomic E-state index is 0.368. The molecule has 0 saturated heterocycles. The molecule has 3 aromatic rings. The van der Waals surface area contributed by atoms with Crippen LogP contribution in [0.25, 0.3) is 10.2 Å². The lowest BCUT2D eigenvalue weighted by molar-refractivity contribution is 0.0996. The van der Waals surface area contributed by atoms with E-state index in [0.717, 1.165) is 15.8 Å². The molecule has 0 aliphatic carbocycles. The Morgan fingerprint density at radius 3 is 2.72 bits per heavy atom. The first kappa shape index (κ1) is 17.5. The topological polar surface area (TPSA) is 43.6 Å². The molecule has 0 saturated carbocycles. The maximum atomic E-state index is 13.0. The lowest BCUT2D eigenvalue weighted by Crippen LogP contribution is -2.20. The van der Waals surface area contributed by atoms with E-state index in [2.05, 4.69) is 4.99 Å². The average Bonchev–Trinajstić information content (AvgIpc) is 2.94. The van der Waals surface area contributed by atoms with Crippen molar-refractivity contribution in [3.05, 3.63) is 64.2 Å². The molecular weight excluding hydrogens is 339 g/mol. The van der Waals surface area contributed by atoms with E-state index in [-0.39, 0.29) is 11.7 Å². The number of nitrogens with zero attached hydrogens (tertiary/aromatic N) is 2. The van der Waals surface area contributed by atoms with Crippen LogP contribution in [0, 0.1) is 12.7 Å². The van der Waals surface area contributed by atoms with Crippen molar-refractivity contribution in [3.63, 3.8) is 0 Å². The third-order valence-electron chi connectivity index (χ3n) is 3.85. The molecule has 0 fully saturated rings. The van der Waals surface area contributed by atoms with Crippen LogP contribution in [0.1, 0.15) is 22.8 Å². The summed E-state index contributed by atoms with van der Waals surface area (Å²) in [6.45, 7) is 5.80. The molecule has 0 bridgehead atoms. The van der Waals surface area contributed by atoms with Gasteiger partial charge in [-0.2, -0.15) is 4.99 Å². The van der Waals surface area contributed by atoms with Gasteiger partial charge in [0.2, 0.25) is 0 Å². The second-order valence-corrected chi connectivity index (χ2v) is 6.59. The van der Waals surface area contributed by atoms with Crippen molar-refractivity contribution in [1.29, 1.82) is 0 Å². The number of hydrogen-bond acceptors (Lipinski definition) is 3. The maximum Gasteiger partial charge on any atom is 0.279 e. The first-order chi connectivity index (χ1) is 12.1. The van der Waals surface area contributed by atoms with Gasteiger partial charge in [0.05, 0.1) is 16.8 Å². The molecule has 2 aromatic carbocycles. The molecule has 0 atom stereocenters. The van der Waals surface area contributed by atoms with E-state index in [0.29, 0.717) is 30.1 Å². The Hall–Kier alpha value is -2.31. The highest BCUT2D eigenvalue weighted by molar-refractivity contribution is 7.16. The van der Waals surface area contributed by atoms with E-state index in [9.17, 15) is 9.18 Å². The van der Waals surface area contributed by atoms with Crippen LogP contribution in [0.15, 0.2) is 47.5 Å². The second-order valence-electron chi connectivity index (χ2n) is 5.58. The molecule has 0 aliphatic heterocycles. The van der Waals surface area contributed by atoms with Crippen molar-refractivity contribution < 1.29 is 13.9 Å². The standard InChI is InChI=1S/C19H19FN2O2S/c1-3-24-12-11-22-17-13(2)5-4-6-16(17)25-19(22)21-18(23)14-7-9-15(20)10-8-14/h4-10H,3,11-12H2,1-2H3. The van der Waals surface area contributed by atoms with Gasteiger partial charge in [-0.05, 0) is 49.7 Å². The Morgan fingerprint density at radius 1 is 1.24 bits per heavy atom. The summed E-state index contributed by atoms with van der Waals surface area (Å²) in [7, 11) is 0. The number of carbonyl (C=O) groups excluding carboxylic acids is 1. The van der Waals surface area contributed by atoms with Crippen molar-refractivity contribution in [2.45, 2.75) is 20.4 Å². The lowest BCUT2D eigenvalue weighted by atomic mass is 10.2. The van der Waals surface area contributed by atoms with Gasteiger partial charge in [0, 0.05) is 18.7 Å². The molecule has 1 heterocycles. The van der Waals surface area contributed by atoms with Crippen molar-refractivity contribution >= 4 is 27.5 Å². The van der Waals surface area contributed by atoms with Crippen molar-refractivity contribution in [3.8, 4) is 0 Å². The summed E-state index contributed by atoms with van der Waals surface area (Å²) in [5.41, 5.74) is 2.56. The van der Waals surface area contributed by atoms with Crippen molar-refractivity contribution in [2.24, 2.45) is 4.99 Å². The zero-order chi connectivity index (χ0) is 17.8. The van der Waals surface area contributed by atoms with Crippen molar-refractivity contribution in [1.82, 2.24) is 4.57 Å². The summed E-state index contributed by atoms with van der Waals surface area (Å²) in [5, 5.41) is 0. The number of fused-ring (bicyclic) bond motifs is 1. The molecule has 130 valence electrons. The fraction of sp³-hybridized carbons (Fsp3) is 0.263. The van der Waals surface area contributed by atoms with Crippen LogP contribution in [0.4, 0.5) is 4.39 Å². The first-order valence-corrected chi connectivity index (χ1v) is 8.93. The first-order valence-electron chi connectivity index (χ1n) is 8.11. The van der Waals surface area contributed by atoms with E-state index >= 15 is 0 Å². The van der Waals surface area contributed by atoms with Gasteiger partial charge in [-0.15, -0.1) is 0 Å². The number of benzene rings is 2. The molecule has 0 N–H and O–H groups in total. The molecule has 0 aliphatic rings. The number of aromatic nitrogens is 1. The van der Waals surface area contributed by atoms with Gasteiger partial charge < -0.3 is 9.30 Å². The number of hydrogen-bond donors (Lipinski definition) is 0. The highest BCUT2D eigenvalue weighted by Gasteiger charge is 2.11. The maximum absolute atomic E-state index is 13.0. The molecule has 0 radical (unpaired) electrons. The number of halogens is 1. The molecule has 6 heteroatoms. The number of para-hydroxylation sites is 1. The minimum Gasteiger partial charge on any atom is -0.380 e. The summed E-state index contributed by atoms with van der Waals surface area (Å²) in [6.07, 6.45) is 0. The van der Waals surface area contributed by atoms with Gasteiger partial charge in [-0.25, -0.2) is 4.39 Å². The van der Waals surface area contributed by atoms with Crippen LogP contribution in [0.2, 0.25) is 0 Å². The molecule has 3 rings (SSSR count). The molecule has 1 amide bonds. The largest absolute Gasteiger partial charge is 0.380 e. The Labute approximate surface area is 149 Å². The van der Waals surface area contributed by atoms with E-state index in [1.807, 2.05) is 36.6 Å². The van der Waals surface area contributed by atoms with Gasteiger partial charge in [-0.3, -0.25) is 4.79 Å². The SMILES string of the molecule is CCOCCn1c(=NC(=O)c2ccc(F)cc2)sc2cccc(C)c21. The second kappa shape index (κ2) is 7.72. The van der Waals surface area contributed by atoms with Crippen LogP contribution in [-0.2, 0) is 11.3 Å². The predicted octanol–water partition coefficient (Wildman–Crippen LogP) is 3.93. The van der Waals surface area contributed by atoms with Crippen molar-refractivity contribution in [2.75, 3.05) is 13.2 Å². The smallest absolute Gasteiger partial charge is 0.279 e. The summed E-state index contributed by atoms with van der Waals surface area (Å²) >= 11 is 1.47. The molecule has 0 unspecified atom stereocenters. The molecule has 25 heavy (non-hydrogen) atoms. The Bertz CT molecular complexity index is 958. The average molecular weight is 358 g/mol. The van der Waals surface area contributed by atoms with Crippen LogP contribution in [-0.4, -0.2) is 23.7 Å². The van der Waals surface area contributed by atoms with Crippen LogP contribution in [0.3, 0.4) is 0 Å².